The highest BCUT2D eigenvalue weighted by atomic mass is 16.3. The molecule has 0 aromatic heterocycles. The van der Waals surface area contributed by atoms with Crippen molar-refractivity contribution < 1.29 is 10.2 Å². The van der Waals surface area contributed by atoms with Gasteiger partial charge in [0.25, 0.3) is 0 Å². The maximum atomic E-state index is 11.0. The van der Waals surface area contributed by atoms with Gasteiger partial charge >= 0.3 is 0 Å². The van der Waals surface area contributed by atoms with E-state index in [1.54, 1.807) is 0 Å². The SMILES string of the molecule is CC[C@]1(O)CC[C@@]2(C)[C@@H](CC[C@@H]3[C@@H]2CC[C@]2(C)[C@@H]([C@H](C)CCC(O)CC#N)CC[C@@H]32)C1. The topological polar surface area (TPSA) is 64.2 Å². The van der Waals surface area contributed by atoms with Gasteiger partial charge in [0.1, 0.15) is 0 Å². The van der Waals surface area contributed by atoms with E-state index in [0.717, 1.165) is 61.7 Å². The van der Waals surface area contributed by atoms with Crippen LogP contribution in [0, 0.1) is 57.7 Å². The van der Waals surface area contributed by atoms with Gasteiger partial charge in [-0.3, -0.25) is 0 Å². The second-order valence-corrected chi connectivity index (χ2v) is 12.7. The van der Waals surface area contributed by atoms with E-state index < -0.39 is 11.7 Å². The summed E-state index contributed by atoms with van der Waals surface area (Å²) in [6, 6.07) is 2.11. The molecule has 0 aliphatic heterocycles. The first-order valence-electron chi connectivity index (χ1n) is 13.4. The van der Waals surface area contributed by atoms with Crippen molar-refractivity contribution in [2.75, 3.05) is 0 Å². The summed E-state index contributed by atoms with van der Waals surface area (Å²) in [6.45, 7) is 9.78. The summed E-state index contributed by atoms with van der Waals surface area (Å²) in [5.41, 5.74) is 0.504. The van der Waals surface area contributed by atoms with Crippen molar-refractivity contribution in [3.63, 3.8) is 0 Å². The van der Waals surface area contributed by atoms with Crippen LogP contribution < -0.4 is 0 Å². The van der Waals surface area contributed by atoms with Crippen LogP contribution in [0.2, 0.25) is 0 Å². The Morgan fingerprint density at radius 3 is 2.42 bits per heavy atom. The molecule has 0 saturated heterocycles. The smallest absolute Gasteiger partial charge is 0.0670 e. The van der Waals surface area contributed by atoms with Crippen molar-refractivity contribution in [2.45, 2.75) is 123 Å². The fraction of sp³-hybridized carbons (Fsp3) is 0.964. The Labute approximate surface area is 191 Å². The Morgan fingerprint density at radius 2 is 1.71 bits per heavy atom. The summed E-state index contributed by atoms with van der Waals surface area (Å²) in [5, 5.41) is 29.9. The van der Waals surface area contributed by atoms with Crippen LogP contribution in [-0.2, 0) is 0 Å². The average molecular weight is 430 g/mol. The Kier molecular flexibility index (Phi) is 6.57. The molecule has 4 aliphatic rings. The molecule has 4 rings (SSSR count). The molecule has 176 valence electrons. The molecule has 4 aliphatic carbocycles. The van der Waals surface area contributed by atoms with E-state index in [0.29, 0.717) is 16.7 Å². The normalized spacial score (nSPS) is 48.7. The van der Waals surface area contributed by atoms with Gasteiger partial charge in [0.2, 0.25) is 0 Å². The van der Waals surface area contributed by atoms with E-state index in [1.165, 1.54) is 44.9 Å². The van der Waals surface area contributed by atoms with Gasteiger partial charge in [0.15, 0.2) is 0 Å². The van der Waals surface area contributed by atoms with Gasteiger partial charge in [0.05, 0.1) is 24.2 Å². The highest BCUT2D eigenvalue weighted by molar-refractivity contribution is 5.10. The van der Waals surface area contributed by atoms with Crippen LogP contribution in [0.1, 0.15) is 111 Å². The van der Waals surface area contributed by atoms with Crippen LogP contribution >= 0.6 is 0 Å². The average Bonchev–Trinajstić information content (AvgIpc) is 3.10. The van der Waals surface area contributed by atoms with Crippen molar-refractivity contribution in [1.82, 2.24) is 0 Å². The molecule has 0 radical (unpaired) electrons. The Balaban J connectivity index is 1.45. The third kappa shape index (κ3) is 3.99. The standard InChI is InChI=1S/C28H47NO2/c1-5-28(31)16-15-26(3)20(18-28)7-9-22-24-11-10-23(27(24,4)14-12-25(22)26)19(2)6-8-21(30)13-17-29/h19-25,30-31H,5-16,18H2,1-4H3/t19-,20+,21?,22+,23-,24+,25+,26+,27-,28+/m1/s1. The summed E-state index contributed by atoms with van der Waals surface area (Å²) in [6.07, 6.45) is 14.1. The molecule has 3 nitrogen and oxygen atoms in total. The second kappa shape index (κ2) is 8.64. The predicted molar refractivity (Wildman–Crippen MR) is 125 cm³/mol. The van der Waals surface area contributed by atoms with Crippen LogP contribution in [0.3, 0.4) is 0 Å². The molecule has 2 N–H and O–H groups in total. The fourth-order valence-electron chi connectivity index (χ4n) is 9.48. The third-order valence-electron chi connectivity index (χ3n) is 11.5. The van der Waals surface area contributed by atoms with Gasteiger partial charge in [-0.2, -0.15) is 5.26 Å². The molecule has 0 amide bonds. The Morgan fingerprint density at radius 1 is 0.968 bits per heavy atom. The molecule has 0 heterocycles. The van der Waals surface area contributed by atoms with Crippen LogP contribution in [-0.4, -0.2) is 21.9 Å². The van der Waals surface area contributed by atoms with Crippen molar-refractivity contribution in [3.8, 4) is 6.07 Å². The third-order valence-corrected chi connectivity index (χ3v) is 11.5. The lowest BCUT2D eigenvalue weighted by Gasteiger charge is -2.62. The lowest BCUT2D eigenvalue weighted by atomic mass is 9.43. The van der Waals surface area contributed by atoms with E-state index in [9.17, 15) is 10.2 Å². The summed E-state index contributed by atoms with van der Waals surface area (Å²) in [4.78, 5) is 0. The molecule has 4 saturated carbocycles. The molecule has 0 aromatic rings. The van der Waals surface area contributed by atoms with E-state index >= 15 is 0 Å². The molecule has 0 spiro atoms. The number of fused-ring (bicyclic) bond motifs is 5. The van der Waals surface area contributed by atoms with Gasteiger partial charge in [-0.05, 0) is 123 Å². The first kappa shape index (κ1) is 23.6. The Hall–Kier alpha value is -0.590. The minimum Gasteiger partial charge on any atom is -0.392 e. The minimum absolute atomic E-state index is 0.272. The van der Waals surface area contributed by atoms with Crippen molar-refractivity contribution >= 4 is 0 Å². The van der Waals surface area contributed by atoms with E-state index in [1.807, 2.05) is 0 Å². The van der Waals surface area contributed by atoms with Crippen LogP contribution in [0.15, 0.2) is 0 Å². The number of nitriles is 1. The summed E-state index contributed by atoms with van der Waals surface area (Å²) < 4.78 is 0. The van der Waals surface area contributed by atoms with E-state index in [4.69, 9.17) is 5.26 Å². The summed E-state index contributed by atoms with van der Waals surface area (Å²) >= 11 is 0. The van der Waals surface area contributed by atoms with Crippen LogP contribution in [0.25, 0.3) is 0 Å². The van der Waals surface area contributed by atoms with Crippen molar-refractivity contribution in [2.24, 2.45) is 46.3 Å². The molecule has 1 unspecified atom stereocenters. The number of aliphatic hydroxyl groups excluding tert-OH is 1. The molecular weight excluding hydrogens is 382 g/mol. The first-order valence-corrected chi connectivity index (χ1v) is 13.4. The van der Waals surface area contributed by atoms with Gasteiger partial charge in [-0.15, -0.1) is 0 Å². The van der Waals surface area contributed by atoms with Crippen LogP contribution in [0.5, 0.6) is 0 Å². The van der Waals surface area contributed by atoms with Crippen LogP contribution in [0.4, 0.5) is 0 Å². The zero-order chi connectivity index (χ0) is 22.4. The summed E-state index contributed by atoms with van der Waals surface area (Å²) in [7, 11) is 0. The molecule has 0 bridgehead atoms. The van der Waals surface area contributed by atoms with Gasteiger partial charge in [-0.25, -0.2) is 0 Å². The number of rotatable bonds is 6. The number of hydrogen-bond donors (Lipinski definition) is 2. The molecule has 3 heteroatoms. The molecular formula is C28H47NO2. The lowest BCUT2D eigenvalue weighted by Crippen LogP contribution is -2.56. The fourth-order valence-corrected chi connectivity index (χ4v) is 9.48. The Bertz CT molecular complexity index is 687. The first-order chi connectivity index (χ1) is 14.7. The number of aliphatic hydroxyl groups is 2. The van der Waals surface area contributed by atoms with Gasteiger partial charge < -0.3 is 10.2 Å². The monoisotopic (exact) mass is 429 g/mol. The molecule has 4 fully saturated rings. The number of hydrogen-bond acceptors (Lipinski definition) is 3. The zero-order valence-electron chi connectivity index (χ0n) is 20.6. The maximum Gasteiger partial charge on any atom is 0.0670 e. The largest absolute Gasteiger partial charge is 0.392 e. The van der Waals surface area contributed by atoms with E-state index in [-0.39, 0.29) is 6.42 Å². The maximum absolute atomic E-state index is 11.0. The minimum atomic E-state index is -0.448. The van der Waals surface area contributed by atoms with Gasteiger partial charge in [0, 0.05) is 0 Å². The van der Waals surface area contributed by atoms with E-state index in [2.05, 4.69) is 33.8 Å². The van der Waals surface area contributed by atoms with Gasteiger partial charge in [-0.1, -0.05) is 27.7 Å². The zero-order valence-corrected chi connectivity index (χ0v) is 20.6. The lowest BCUT2D eigenvalue weighted by molar-refractivity contribution is -0.152. The molecule has 10 atom stereocenters. The highest BCUT2D eigenvalue weighted by Gasteiger charge is 2.61. The number of nitrogens with zero attached hydrogens (tertiary/aromatic N) is 1. The van der Waals surface area contributed by atoms with Crippen molar-refractivity contribution in [1.29, 1.82) is 5.26 Å². The second-order valence-electron chi connectivity index (χ2n) is 12.7. The quantitative estimate of drug-likeness (QED) is 0.508. The molecule has 0 aromatic carbocycles. The predicted octanol–water partition coefficient (Wildman–Crippen LogP) is 6.48. The highest BCUT2D eigenvalue weighted by Crippen LogP contribution is 2.69. The van der Waals surface area contributed by atoms with Crippen molar-refractivity contribution in [3.05, 3.63) is 0 Å². The molecule has 31 heavy (non-hydrogen) atoms. The summed E-state index contributed by atoms with van der Waals surface area (Å²) in [5.74, 6) is 4.74.